The van der Waals surface area contributed by atoms with Crippen LogP contribution in [0.1, 0.15) is 75.0 Å². The summed E-state index contributed by atoms with van der Waals surface area (Å²) in [7, 11) is 0. The lowest BCUT2D eigenvalue weighted by atomic mass is 9.61. The molecule has 7 heteroatoms. The second-order valence-corrected chi connectivity index (χ2v) is 10.6. The molecule has 2 saturated heterocycles. The smallest absolute Gasteiger partial charge is 0.247 e. The predicted molar refractivity (Wildman–Crippen MR) is 125 cm³/mol. The second-order valence-electron chi connectivity index (χ2n) is 10.6. The normalized spacial score (nSPS) is 32.1. The predicted octanol–water partition coefficient (Wildman–Crippen LogP) is 2.67. The second kappa shape index (κ2) is 8.41. The van der Waals surface area contributed by atoms with Crippen LogP contribution in [0.25, 0.3) is 6.08 Å². The molecule has 0 bridgehead atoms. The molecule has 0 radical (unpaired) electrons. The zero-order valence-electron chi connectivity index (χ0n) is 19.0. The fourth-order valence-corrected chi connectivity index (χ4v) is 7.03. The number of piperazine rings is 1. The van der Waals surface area contributed by atoms with E-state index in [4.69, 9.17) is 4.98 Å². The van der Waals surface area contributed by atoms with Crippen LogP contribution in [0.15, 0.2) is 11.8 Å². The number of fused-ring (bicyclic) bond motifs is 4. The van der Waals surface area contributed by atoms with Crippen LogP contribution >= 0.6 is 0 Å². The van der Waals surface area contributed by atoms with E-state index in [2.05, 4.69) is 25.8 Å². The molecule has 0 aromatic carbocycles. The van der Waals surface area contributed by atoms with E-state index < -0.39 is 0 Å². The number of hydrogen-bond donors (Lipinski definition) is 3. The van der Waals surface area contributed by atoms with Crippen LogP contribution in [0.4, 0.5) is 5.95 Å². The molecular formula is C25H36N6O. The summed E-state index contributed by atoms with van der Waals surface area (Å²) >= 11 is 0. The van der Waals surface area contributed by atoms with Crippen molar-refractivity contribution in [1.82, 2.24) is 25.5 Å². The fourth-order valence-electron chi connectivity index (χ4n) is 7.03. The van der Waals surface area contributed by atoms with E-state index in [9.17, 15) is 4.79 Å². The van der Waals surface area contributed by atoms with Gasteiger partial charge in [0.15, 0.2) is 0 Å². The minimum atomic E-state index is 0.0879. The Kier molecular flexibility index (Phi) is 5.42. The Morgan fingerprint density at radius 1 is 1.06 bits per heavy atom. The van der Waals surface area contributed by atoms with Gasteiger partial charge in [0.25, 0.3) is 0 Å². The van der Waals surface area contributed by atoms with Gasteiger partial charge in [-0.05, 0) is 44.6 Å². The van der Waals surface area contributed by atoms with Gasteiger partial charge in [-0.15, -0.1) is 0 Å². The summed E-state index contributed by atoms with van der Waals surface area (Å²) < 4.78 is 0. The topological polar surface area (TPSA) is 82.2 Å². The van der Waals surface area contributed by atoms with Gasteiger partial charge < -0.3 is 16.0 Å². The first-order chi connectivity index (χ1) is 15.7. The highest BCUT2D eigenvalue weighted by molar-refractivity contribution is 6.02. The molecule has 3 aliphatic carbocycles. The number of nitrogens with zero attached hydrogens (tertiary/aromatic N) is 3. The van der Waals surface area contributed by atoms with E-state index in [0.717, 1.165) is 48.5 Å². The number of carbonyl (C=O) groups excluding carboxylic acids is 1. The summed E-state index contributed by atoms with van der Waals surface area (Å²) in [6.45, 7) is 5.40. The third-order valence-electron chi connectivity index (χ3n) is 8.77. The number of piperidine rings is 1. The average molecular weight is 437 g/mol. The van der Waals surface area contributed by atoms with Crippen LogP contribution in [-0.4, -0.2) is 65.6 Å². The summed E-state index contributed by atoms with van der Waals surface area (Å²) in [5.74, 6) is 0.976. The molecular weight excluding hydrogens is 400 g/mol. The van der Waals surface area contributed by atoms with Crippen molar-refractivity contribution in [2.45, 2.75) is 75.8 Å². The molecule has 1 amide bonds. The highest BCUT2D eigenvalue weighted by Crippen LogP contribution is 2.55. The molecule has 1 atom stereocenters. The molecule has 1 aromatic heterocycles. The summed E-state index contributed by atoms with van der Waals surface area (Å²) in [5.41, 5.74) is 3.18. The molecule has 5 aliphatic rings. The number of aromatic nitrogens is 2. The summed E-state index contributed by atoms with van der Waals surface area (Å²) in [4.78, 5) is 25.1. The SMILES string of the molecule is O=C1NCC2(CCCCC2)C2C1=Cc1cnc(NC3CCC(N4CCNCC4)CC3)nc12. The van der Waals surface area contributed by atoms with Crippen LogP contribution in [0.3, 0.4) is 0 Å². The van der Waals surface area contributed by atoms with E-state index in [-0.39, 0.29) is 17.2 Å². The molecule has 1 aromatic rings. The lowest BCUT2D eigenvalue weighted by molar-refractivity contribution is -0.120. The molecule has 1 spiro atoms. The molecule has 7 nitrogen and oxygen atoms in total. The van der Waals surface area contributed by atoms with Crippen molar-refractivity contribution in [3.63, 3.8) is 0 Å². The van der Waals surface area contributed by atoms with Crippen molar-refractivity contribution in [1.29, 1.82) is 0 Å². The first kappa shape index (κ1) is 20.6. The molecule has 172 valence electrons. The third kappa shape index (κ3) is 3.63. The van der Waals surface area contributed by atoms with Crippen molar-refractivity contribution in [2.75, 3.05) is 38.0 Å². The Labute approximate surface area is 190 Å². The van der Waals surface area contributed by atoms with Crippen molar-refractivity contribution >= 4 is 17.9 Å². The van der Waals surface area contributed by atoms with Crippen LogP contribution in [-0.2, 0) is 4.79 Å². The molecule has 1 unspecified atom stereocenters. The summed E-state index contributed by atoms with van der Waals surface area (Å²) in [5, 5.41) is 10.3. The molecule has 6 rings (SSSR count). The van der Waals surface area contributed by atoms with Gasteiger partial charge in [0.05, 0.1) is 5.69 Å². The average Bonchev–Trinajstić information content (AvgIpc) is 3.24. The molecule has 4 fully saturated rings. The highest BCUT2D eigenvalue weighted by Gasteiger charge is 2.50. The Hall–Kier alpha value is -1.99. The number of amides is 1. The zero-order valence-corrected chi connectivity index (χ0v) is 19.0. The molecule has 2 aliphatic heterocycles. The van der Waals surface area contributed by atoms with Gasteiger partial charge >= 0.3 is 0 Å². The van der Waals surface area contributed by atoms with Crippen molar-refractivity contribution in [2.24, 2.45) is 5.41 Å². The highest BCUT2D eigenvalue weighted by atomic mass is 16.1. The lowest BCUT2D eigenvalue weighted by Gasteiger charge is -2.46. The third-order valence-corrected chi connectivity index (χ3v) is 8.77. The van der Waals surface area contributed by atoms with E-state index in [1.165, 1.54) is 70.9 Å². The number of rotatable bonds is 3. The first-order valence-electron chi connectivity index (χ1n) is 12.8. The van der Waals surface area contributed by atoms with Crippen molar-refractivity contribution in [3.05, 3.63) is 23.0 Å². The van der Waals surface area contributed by atoms with Crippen LogP contribution in [0.2, 0.25) is 0 Å². The number of hydrogen-bond acceptors (Lipinski definition) is 6. The van der Waals surface area contributed by atoms with E-state index in [1.54, 1.807) is 0 Å². The zero-order chi connectivity index (χ0) is 21.5. The Bertz CT molecular complexity index is 894. The standard InChI is InChI=1S/C25H36N6O/c32-23-20-14-17-15-27-24(29-18-4-6-19(7-5-18)31-12-10-26-11-13-31)30-22(17)21(20)25(16-28-23)8-2-1-3-9-25/h14-15,18-19,21,26H,1-13,16H2,(H,28,32)(H,27,29,30). The van der Waals surface area contributed by atoms with Crippen LogP contribution < -0.4 is 16.0 Å². The van der Waals surface area contributed by atoms with Gasteiger partial charge in [0.2, 0.25) is 11.9 Å². The van der Waals surface area contributed by atoms with Gasteiger partial charge in [-0.25, -0.2) is 9.97 Å². The fraction of sp³-hybridized carbons (Fsp3) is 0.720. The van der Waals surface area contributed by atoms with E-state index in [1.807, 2.05) is 12.3 Å². The van der Waals surface area contributed by atoms with Gasteiger partial charge in [0.1, 0.15) is 0 Å². The lowest BCUT2D eigenvalue weighted by Crippen LogP contribution is -2.50. The Balaban J connectivity index is 1.17. The van der Waals surface area contributed by atoms with Gasteiger partial charge in [-0.2, -0.15) is 0 Å². The van der Waals surface area contributed by atoms with Crippen LogP contribution in [0, 0.1) is 5.41 Å². The summed E-state index contributed by atoms with van der Waals surface area (Å²) in [6.07, 6.45) is 15.0. The Morgan fingerprint density at radius 3 is 2.62 bits per heavy atom. The van der Waals surface area contributed by atoms with E-state index >= 15 is 0 Å². The summed E-state index contributed by atoms with van der Waals surface area (Å²) in [6, 6.07) is 1.18. The minimum Gasteiger partial charge on any atom is -0.352 e. The largest absolute Gasteiger partial charge is 0.352 e. The van der Waals surface area contributed by atoms with Crippen molar-refractivity contribution < 1.29 is 4.79 Å². The van der Waals surface area contributed by atoms with Crippen LogP contribution in [0.5, 0.6) is 0 Å². The maximum absolute atomic E-state index is 12.7. The molecule has 3 heterocycles. The Morgan fingerprint density at radius 2 is 1.84 bits per heavy atom. The van der Waals surface area contributed by atoms with Gasteiger partial charge in [0, 0.05) is 73.5 Å². The number of carbonyl (C=O) groups is 1. The monoisotopic (exact) mass is 436 g/mol. The molecule has 32 heavy (non-hydrogen) atoms. The number of anilines is 1. The quantitative estimate of drug-likeness (QED) is 0.676. The maximum Gasteiger partial charge on any atom is 0.247 e. The molecule has 2 saturated carbocycles. The van der Waals surface area contributed by atoms with E-state index in [0.29, 0.717) is 6.04 Å². The first-order valence-corrected chi connectivity index (χ1v) is 12.8. The maximum atomic E-state index is 12.7. The minimum absolute atomic E-state index is 0.0879. The number of nitrogens with one attached hydrogen (secondary N) is 3. The van der Waals surface area contributed by atoms with Gasteiger partial charge in [-0.1, -0.05) is 19.3 Å². The molecule has 3 N–H and O–H groups in total. The van der Waals surface area contributed by atoms with Crippen molar-refractivity contribution in [3.8, 4) is 0 Å². The van der Waals surface area contributed by atoms with Gasteiger partial charge in [-0.3, -0.25) is 9.69 Å².